The van der Waals surface area contributed by atoms with Gasteiger partial charge in [0.05, 0.1) is 12.7 Å². The van der Waals surface area contributed by atoms with E-state index in [-0.39, 0.29) is 6.10 Å². The molecule has 2 N–H and O–H groups in total. The molecule has 0 aromatic heterocycles. The first-order chi connectivity index (χ1) is 9.69. The highest BCUT2D eigenvalue weighted by Crippen LogP contribution is 2.16. The highest BCUT2D eigenvalue weighted by Gasteiger charge is 2.26. The lowest BCUT2D eigenvalue weighted by Gasteiger charge is -2.35. The van der Waals surface area contributed by atoms with Gasteiger partial charge in [-0.25, -0.2) is 0 Å². The summed E-state index contributed by atoms with van der Waals surface area (Å²) in [6, 6.07) is 7.80. The van der Waals surface area contributed by atoms with Crippen molar-refractivity contribution in [3.8, 4) is 5.75 Å². The quantitative estimate of drug-likeness (QED) is 0.830. The molecule has 1 aromatic rings. The molecule has 1 heterocycles. The number of likely N-dealkylation sites (N-methyl/N-ethyl adjacent to an activating group) is 1. The van der Waals surface area contributed by atoms with Crippen LogP contribution in [0.4, 0.5) is 0 Å². The number of ether oxygens (including phenoxy) is 1. The van der Waals surface area contributed by atoms with Crippen LogP contribution in [-0.2, 0) is 11.2 Å². The van der Waals surface area contributed by atoms with Crippen LogP contribution in [-0.4, -0.2) is 55.4 Å². The Morgan fingerprint density at radius 1 is 1.50 bits per heavy atom. The molecule has 0 saturated carbocycles. The minimum atomic E-state index is 0.211. The molecular formula is C16H26N2O2. The summed E-state index contributed by atoms with van der Waals surface area (Å²) in [4.78, 5) is 2.32. The second-order valence-electron chi connectivity index (χ2n) is 5.61. The van der Waals surface area contributed by atoms with E-state index in [1.165, 1.54) is 0 Å². The fraction of sp³-hybridized carbons (Fsp3) is 0.625. The maximum atomic E-state index is 9.59. The SMILES string of the molecule is CCCNC(Cc1cccc(O)c1)C1CN(C)CCO1. The lowest BCUT2D eigenvalue weighted by atomic mass is 9.99. The van der Waals surface area contributed by atoms with Gasteiger partial charge >= 0.3 is 0 Å². The lowest BCUT2D eigenvalue weighted by Crippen LogP contribution is -2.52. The Labute approximate surface area is 121 Å². The normalized spacial score (nSPS) is 21.8. The van der Waals surface area contributed by atoms with Gasteiger partial charge < -0.3 is 20.1 Å². The third-order valence-corrected chi connectivity index (χ3v) is 3.77. The minimum Gasteiger partial charge on any atom is -0.508 e. The number of phenolic OH excluding ortho intramolecular Hbond substituents is 1. The molecule has 0 amide bonds. The maximum absolute atomic E-state index is 9.59. The van der Waals surface area contributed by atoms with Gasteiger partial charge in [-0.2, -0.15) is 0 Å². The molecule has 1 fully saturated rings. The van der Waals surface area contributed by atoms with Crippen LogP contribution in [0, 0.1) is 0 Å². The molecule has 0 aliphatic carbocycles. The number of benzene rings is 1. The van der Waals surface area contributed by atoms with Crippen LogP contribution < -0.4 is 5.32 Å². The van der Waals surface area contributed by atoms with Crippen molar-refractivity contribution in [3.05, 3.63) is 29.8 Å². The highest BCUT2D eigenvalue weighted by atomic mass is 16.5. The second-order valence-corrected chi connectivity index (χ2v) is 5.61. The number of aromatic hydroxyl groups is 1. The Kier molecular flexibility index (Phi) is 5.83. The van der Waals surface area contributed by atoms with Crippen molar-refractivity contribution < 1.29 is 9.84 Å². The topological polar surface area (TPSA) is 44.7 Å². The Morgan fingerprint density at radius 2 is 2.35 bits per heavy atom. The molecule has 4 nitrogen and oxygen atoms in total. The summed E-state index contributed by atoms with van der Waals surface area (Å²) in [6.45, 7) is 5.92. The molecule has 1 aliphatic rings. The molecule has 0 bridgehead atoms. The smallest absolute Gasteiger partial charge is 0.115 e. The van der Waals surface area contributed by atoms with Gasteiger partial charge in [0, 0.05) is 19.1 Å². The van der Waals surface area contributed by atoms with Crippen molar-refractivity contribution in [2.45, 2.75) is 31.9 Å². The van der Waals surface area contributed by atoms with Crippen LogP contribution in [0.1, 0.15) is 18.9 Å². The first-order valence-electron chi connectivity index (χ1n) is 7.50. The van der Waals surface area contributed by atoms with Crippen molar-refractivity contribution in [2.24, 2.45) is 0 Å². The molecule has 2 unspecified atom stereocenters. The van der Waals surface area contributed by atoms with Crippen LogP contribution in [0.2, 0.25) is 0 Å². The predicted molar refractivity (Wildman–Crippen MR) is 81.1 cm³/mol. The van der Waals surface area contributed by atoms with Gasteiger partial charge in [0.25, 0.3) is 0 Å². The lowest BCUT2D eigenvalue weighted by molar-refractivity contribution is -0.0383. The minimum absolute atomic E-state index is 0.211. The summed E-state index contributed by atoms with van der Waals surface area (Å²) in [7, 11) is 2.14. The zero-order chi connectivity index (χ0) is 14.4. The molecule has 0 radical (unpaired) electrons. The zero-order valence-corrected chi connectivity index (χ0v) is 12.5. The van der Waals surface area contributed by atoms with Crippen molar-refractivity contribution in [1.82, 2.24) is 10.2 Å². The predicted octanol–water partition coefficient (Wildman–Crippen LogP) is 1.63. The summed E-state index contributed by atoms with van der Waals surface area (Å²) >= 11 is 0. The Balaban J connectivity index is 2.02. The Bertz CT molecular complexity index is 411. The fourth-order valence-electron chi connectivity index (χ4n) is 2.66. The van der Waals surface area contributed by atoms with E-state index < -0.39 is 0 Å². The van der Waals surface area contributed by atoms with Crippen molar-refractivity contribution in [1.29, 1.82) is 0 Å². The number of phenols is 1. The van der Waals surface area contributed by atoms with Crippen LogP contribution >= 0.6 is 0 Å². The van der Waals surface area contributed by atoms with Crippen molar-refractivity contribution in [2.75, 3.05) is 33.3 Å². The fourth-order valence-corrected chi connectivity index (χ4v) is 2.66. The first kappa shape index (κ1) is 15.3. The average Bonchev–Trinajstić information content (AvgIpc) is 2.43. The van der Waals surface area contributed by atoms with Gasteiger partial charge in [0.1, 0.15) is 5.75 Å². The Hall–Kier alpha value is -1.10. The first-order valence-corrected chi connectivity index (χ1v) is 7.50. The van der Waals surface area contributed by atoms with E-state index in [9.17, 15) is 5.11 Å². The van der Waals surface area contributed by atoms with Gasteiger partial charge in [-0.15, -0.1) is 0 Å². The molecule has 1 aliphatic heterocycles. The summed E-state index contributed by atoms with van der Waals surface area (Å²) in [6.07, 6.45) is 2.20. The van der Waals surface area contributed by atoms with Crippen molar-refractivity contribution in [3.63, 3.8) is 0 Å². The molecule has 4 heteroatoms. The van der Waals surface area contributed by atoms with Crippen LogP contribution in [0.25, 0.3) is 0 Å². The molecule has 2 atom stereocenters. The third-order valence-electron chi connectivity index (χ3n) is 3.77. The van der Waals surface area contributed by atoms with E-state index in [4.69, 9.17) is 4.74 Å². The number of hydrogen-bond donors (Lipinski definition) is 2. The van der Waals surface area contributed by atoms with Crippen molar-refractivity contribution >= 4 is 0 Å². The summed E-state index contributed by atoms with van der Waals surface area (Å²) in [5, 5.41) is 13.2. The number of rotatable bonds is 6. The van der Waals surface area contributed by atoms with E-state index in [2.05, 4.69) is 30.3 Å². The molecule has 112 valence electrons. The summed E-state index contributed by atoms with van der Waals surface area (Å²) in [5.41, 5.74) is 1.15. The largest absolute Gasteiger partial charge is 0.508 e. The maximum Gasteiger partial charge on any atom is 0.115 e. The van der Waals surface area contributed by atoms with Gasteiger partial charge in [-0.1, -0.05) is 19.1 Å². The second kappa shape index (κ2) is 7.62. The standard InChI is InChI=1S/C16H26N2O2/c1-3-7-17-15(16-12-18(2)8-9-20-16)11-13-5-4-6-14(19)10-13/h4-6,10,15-17,19H,3,7-9,11-12H2,1-2H3. The van der Waals surface area contributed by atoms with E-state index in [1.807, 2.05) is 12.1 Å². The highest BCUT2D eigenvalue weighted by molar-refractivity contribution is 5.27. The summed E-state index contributed by atoms with van der Waals surface area (Å²) in [5.74, 6) is 0.332. The van der Waals surface area contributed by atoms with Crippen LogP contribution in [0.15, 0.2) is 24.3 Å². The number of morpholine rings is 1. The van der Waals surface area contributed by atoms with Gasteiger partial charge in [0.2, 0.25) is 0 Å². The van der Waals surface area contributed by atoms with Crippen LogP contribution in [0.5, 0.6) is 5.75 Å². The van der Waals surface area contributed by atoms with E-state index in [1.54, 1.807) is 6.07 Å². The molecule has 1 aromatic carbocycles. The van der Waals surface area contributed by atoms with Gasteiger partial charge in [-0.3, -0.25) is 0 Å². The van der Waals surface area contributed by atoms with Gasteiger partial charge in [-0.05, 0) is 44.1 Å². The zero-order valence-electron chi connectivity index (χ0n) is 12.5. The number of hydrogen-bond acceptors (Lipinski definition) is 4. The average molecular weight is 278 g/mol. The molecular weight excluding hydrogens is 252 g/mol. The molecule has 2 rings (SSSR count). The van der Waals surface area contributed by atoms with Crippen LogP contribution in [0.3, 0.4) is 0 Å². The molecule has 1 saturated heterocycles. The van der Waals surface area contributed by atoms with Gasteiger partial charge in [0.15, 0.2) is 0 Å². The van der Waals surface area contributed by atoms with E-state index >= 15 is 0 Å². The summed E-state index contributed by atoms with van der Waals surface area (Å²) < 4.78 is 5.94. The monoisotopic (exact) mass is 278 g/mol. The number of nitrogens with one attached hydrogen (secondary N) is 1. The number of nitrogens with zero attached hydrogens (tertiary/aromatic N) is 1. The Morgan fingerprint density at radius 3 is 3.05 bits per heavy atom. The van der Waals surface area contributed by atoms with E-state index in [0.717, 1.165) is 44.6 Å². The molecule has 20 heavy (non-hydrogen) atoms. The van der Waals surface area contributed by atoms with E-state index in [0.29, 0.717) is 11.8 Å². The molecule has 0 spiro atoms. The third kappa shape index (κ3) is 4.47.